The minimum Gasteiger partial charge on any atom is -0.358 e. The van der Waals surface area contributed by atoms with Crippen LogP contribution in [0.5, 0.6) is 0 Å². The first-order valence-electron chi connectivity index (χ1n) is 5.15. The van der Waals surface area contributed by atoms with Crippen molar-refractivity contribution in [1.82, 2.24) is 10.3 Å². The minimum atomic E-state index is 1.09. The fourth-order valence-electron chi connectivity index (χ4n) is 2.24. The Kier molecular flexibility index (Phi) is 1.81. The highest BCUT2D eigenvalue weighted by Crippen LogP contribution is 2.23. The van der Waals surface area contributed by atoms with Crippen LogP contribution in [0.2, 0.25) is 0 Å². The van der Waals surface area contributed by atoms with Gasteiger partial charge in [0.1, 0.15) is 0 Å². The number of hydrogen-bond donors (Lipinski definition) is 2. The van der Waals surface area contributed by atoms with E-state index in [0.29, 0.717) is 0 Å². The van der Waals surface area contributed by atoms with E-state index in [9.17, 15) is 0 Å². The lowest BCUT2D eigenvalue weighted by Gasteiger charge is -1.96. The van der Waals surface area contributed by atoms with E-state index in [1.165, 1.54) is 22.2 Å². The van der Waals surface area contributed by atoms with E-state index in [2.05, 4.69) is 28.5 Å². The van der Waals surface area contributed by atoms with Crippen LogP contribution in [-0.4, -0.2) is 18.1 Å². The van der Waals surface area contributed by atoms with E-state index in [1.807, 2.05) is 6.07 Å². The summed E-state index contributed by atoms with van der Waals surface area (Å²) >= 11 is 0. The molecular formula is C12H13N2. The van der Waals surface area contributed by atoms with Crippen LogP contribution in [0.25, 0.3) is 10.9 Å². The van der Waals surface area contributed by atoms with Gasteiger partial charge in [0.15, 0.2) is 0 Å². The van der Waals surface area contributed by atoms with Gasteiger partial charge in [-0.1, -0.05) is 6.07 Å². The maximum Gasteiger partial charge on any atom is 0.0459 e. The third-order valence-electron chi connectivity index (χ3n) is 2.94. The Hall–Kier alpha value is -1.28. The van der Waals surface area contributed by atoms with Crippen molar-refractivity contribution < 1.29 is 0 Å². The topological polar surface area (TPSA) is 27.8 Å². The number of H-pyrrole nitrogens is 1. The van der Waals surface area contributed by atoms with Crippen LogP contribution in [0.1, 0.15) is 11.3 Å². The molecule has 0 aliphatic carbocycles. The zero-order valence-electron chi connectivity index (χ0n) is 8.06. The van der Waals surface area contributed by atoms with Crippen molar-refractivity contribution in [3.63, 3.8) is 0 Å². The molecule has 1 aromatic carbocycles. The second-order valence-electron chi connectivity index (χ2n) is 3.80. The lowest BCUT2D eigenvalue weighted by atomic mass is 10.1. The van der Waals surface area contributed by atoms with Crippen molar-refractivity contribution in [2.24, 2.45) is 0 Å². The van der Waals surface area contributed by atoms with E-state index in [0.717, 1.165) is 25.9 Å². The molecule has 2 nitrogen and oxygen atoms in total. The number of nitrogens with one attached hydrogen (secondary N) is 2. The molecular weight excluding hydrogens is 172 g/mol. The van der Waals surface area contributed by atoms with Gasteiger partial charge in [-0.3, -0.25) is 0 Å². The van der Waals surface area contributed by atoms with Gasteiger partial charge in [-0.05, 0) is 36.7 Å². The monoisotopic (exact) mass is 185 g/mol. The molecule has 14 heavy (non-hydrogen) atoms. The van der Waals surface area contributed by atoms with E-state index in [1.54, 1.807) is 0 Å². The highest BCUT2D eigenvalue weighted by molar-refractivity contribution is 5.84. The number of rotatable bonds is 0. The molecule has 1 aromatic heterocycles. The van der Waals surface area contributed by atoms with Gasteiger partial charge in [0.2, 0.25) is 0 Å². The van der Waals surface area contributed by atoms with Crippen LogP contribution < -0.4 is 5.32 Å². The average molecular weight is 185 g/mol. The van der Waals surface area contributed by atoms with E-state index in [-0.39, 0.29) is 0 Å². The van der Waals surface area contributed by atoms with E-state index in [4.69, 9.17) is 0 Å². The Morgan fingerprint density at radius 1 is 1.21 bits per heavy atom. The van der Waals surface area contributed by atoms with Crippen molar-refractivity contribution in [3.8, 4) is 0 Å². The van der Waals surface area contributed by atoms with Crippen LogP contribution in [0.3, 0.4) is 0 Å². The maximum absolute atomic E-state index is 3.50. The van der Waals surface area contributed by atoms with Crippen LogP contribution in [0, 0.1) is 6.07 Å². The Labute approximate surface area is 83.3 Å². The normalized spacial score (nSPS) is 16.6. The molecule has 0 saturated carbocycles. The van der Waals surface area contributed by atoms with Crippen molar-refractivity contribution in [2.75, 3.05) is 13.1 Å². The Morgan fingerprint density at radius 2 is 2.14 bits per heavy atom. The molecule has 1 aliphatic rings. The molecule has 0 unspecified atom stereocenters. The molecule has 0 fully saturated rings. The van der Waals surface area contributed by atoms with Crippen molar-refractivity contribution in [1.29, 1.82) is 0 Å². The van der Waals surface area contributed by atoms with E-state index >= 15 is 0 Å². The first-order valence-corrected chi connectivity index (χ1v) is 5.15. The average Bonchev–Trinajstić information content (AvgIpc) is 2.42. The number of aromatic nitrogens is 1. The number of aromatic amines is 1. The summed E-state index contributed by atoms with van der Waals surface area (Å²) in [6.45, 7) is 2.18. The van der Waals surface area contributed by atoms with Gasteiger partial charge in [-0.15, -0.1) is 0 Å². The third-order valence-corrected chi connectivity index (χ3v) is 2.94. The van der Waals surface area contributed by atoms with Gasteiger partial charge in [-0.2, -0.15) is 0 Å². The smallest absolute Gasteiger partial charge is 0.0459 e. The summed E-state index contributed by atoms with van der Waals surface area (Å²) in [5.74, 6) is 0. The number of benzene rings is 1. The highest BCUT2D eigenvalue weighted by Gasteiger charge is 2.12. The maximum atomic E-state index is 3.50. The Balaban J connectivity index is 2.24. The lowest BCUT2D eigenvalue weighted by molar-refractivity contribution is 0.708. The SMILES string of the molecule is [c]1ccc2[nH]c3c(c2c1)CCNCC3. The number of hydrogen-bond acceptors (Lipinski definition) is 1. The molecule has 0 saturated heterocycles. The quantitative estimate of drug-likeness (QED) is 0.642. The van der Waals surface area contributed by atoms with Gasteiger partial charge in [0, 0.05) is 29.6 Å². The fourth-order valence-corrected chi connectivity index (χ4v) is 2.24. The minimum absolute atomic E-state index is 1.09. The predicted octanol–water partition coefficient (Wildman–Crippen LogP) is 1.66. The third kappa shape index (κ3) is 1.15. The van der Waals surface area contributed by atoms with Crippen molar-refractivity contribution >= 4 is 10.9 Å². The molecule has 1 radical (unpaired) electrons. The molecule has 2 heterocycles. The first-order chi connectivity index (χ1) is 6.95. The highest BCUT2D eigenvalue weighted by atomic mass is 14.9. The van der Waals surface area contributed by atoms with Crippen molar-refractivity contribution in [2.45, 2.75) is 12.8 Å². The molecule has 2 heteroatoms. The molecule has 0 bridgehead atoms. The van der Waals surface area contributed by atoms with Gasteiger partial charge in [0.05, 0.1) is 0 Å². The predicted molar refractivity (Wildman–Crippen MR) is 57.4 cm³/mol. The summed E-state index contributed by atoms with van der Waals surface area (Å²) in [7, 11) is 0. The molecule has 3 rings (SSSR count). The summed E-state index contributed by atoms with van der Waals surface area (Å²) in [6, 6.07) is 9.32. The fraction of sp³-hybridized carbons (Fsp3) is 0.333. The first kappa shape index (κ1) is 8.06. The largest absolute Gasteiger partial charge is 0.358 e. The Bertz CT molecular complexity index is 456. The second-order valence-corrected chi connectivity index (χ2v) is 3.80. The summed E-state index contributed by atoms with van der Waals surface area (Å²) in [5, 5.41) is 4.77. The zero-order valence-corrected chi connectivity index (χ0v) is 8.06. The van der Waals surface area contributed by atoms with E-state index < -0.39 is 0 Å². The summed E-state index contributed by atoms with van der Waals surface area (Å²) < 4.78 is 0. The number of fused-ring (bicyclic) bond motifs is 3. The van der Waals surface area contributed by atoms with Gasteiger partial charge < -0.3 is 10.3 Å². The van der Waals surface area contributed by atoms with Gasteiger partial charge >= 0.3 is 0 Å². The van der Waals surface area contributed by atoms with Crippen LogP contribution in [-0.2, 0) is 12.8 Å². The summed E-state index contributed by atoms with van der Waals surface area (Å²) in [6.07, 6.45) is 2.25. The molecule has 0 atom stereocenters. The molecule has 71 valence electrons. The lowest BCUT2D eigenvalue weighted by Crippen LogP contribution is -2.16. The molecule has 2 aromatic rings. The summed E-state index contributed by atoms with van der Waals surface area (Å²) in [5.41, 5.74) is 4.15. The van der Waals surface area contributed by atoms with Crippen LogP contribution in [0.4, 0.5) is 0 Å². The standard InChI is InChI=1S/C12H13N2/c1-2-4-11-9(3-1)10-5-7-13-8-6-12(10)14-11/h2-4,13-14H,5-8H2. The summed E-state index contributed by atoms with van der Waals surface area (Å²) in [4.78, 5) is 3.50. The molecule has 0 spiro atoms. The van der Waals surface area contributed by atoms with Crippen LogP contribution in [0.15, 0.2) is 18.2 Å². The van der Waals surface area contributed by atoms with Crippen LogP contribution >= 0.6 is 0 Å². The zero-order chi connectivity index (χ0) is 9.38. The second kappa shape index (κ2) is 3.14. The molecule has 1 aliphatic heterocycles. The van der Waals surface area contributed by atoms with Gasteiger partial charge in [-0.25, -0.2) is 0 Å². The van der Waals surface area contributed by atoms with Crippen molar-refractivity contribution in [3.05, 3.63) is 35.5 Å². The Morgan fingerprint density at radius 3 is 3.14 bits per heavy atom. The van der Waals surface area contributed by atoms with Gasteiger partial charge in [0.25, 0.3) is 0 Å². The molecule has 0 amide bonds. The molecule has 2 N–H and O–H groups in total.